The number of morpholine rings is 1. The molecule has 0 amide bonds. The molecule has 0 aromatic rings. The largest absolute Gasteiger partial charge is 0.480 e. The van der Waals surface area contributed by atoms with E-state index in [-0.39, 0.29) is 0 Å². The summed E-state index contributed by atoms with van der Waals surface area (Å²) in [4.78, 5) is 12.8. The van der Waals surface area contributed by atoms with Gasteiger partial charge in [-0.3, -0.25) is 9.69 Å². The number of rotatable bonds is 4. The Bertz CT molecular complexity index is 262. The van der Waals surface area contributed by atoms with Gasteiger partial charge in [0.25, 0.3) is 0 Å². The second kappa shape index (κ2) is 5.69. The molecular formula is C10H16N2O3. The molecule has 84 valence electrons. The Hall–Kier alpha value is -1.12. The number of carbonyl (C=O) groups is 1. The molecule has 0 radical (unpaired) electrons. The topological polar surface area (TPSA) is 73.6 Å². The average molecular weight is 212 g/mol. The number of carboxylic acid groups (broad SMARTS) is 1. The molecule has 1 fully saturated rings. The molecule has 1 heterocycles. The summed E-state index contributed by atoms with van der Waals surface area (Å²) in [5, 5.41) is 17.8. The van der Waals surface area contributed by atoms with Crippen molar-refractivity contribution in [2.45, 2.75) is 31.9 Å². The summed E-state index contributed by atoms with van der Waals surface area (Å²) in [6.07, 6.45) is 0.955. The van der Waals surface area contributed by atoms with Gasteiger partial charge in [0.05, 0.1) is 12.7 Å². The van der Waals surface area contributed by atoms with Crippen LogP contribution in [0.3, 0.4) is 0 Å². The first kappa shape index (κ1) is 12.0. The van der Waals surface area contributed by atoms with Crippen LogP contribution in [0.1, 0.15) is 19.8 Å². The monoisotopic (exact) mass is 212 g/mol. The van der Waals surface area contributed by atoms with Crippen LogP contribution in [0, 0.1) is 11.3 Å². The van der Waals surface area contributed by atoms with Gasteiger partial charge in [-0.15, -0.1) is 0 Å². The fourth-order valence-electron chi connectivity index (χ4n) is 1.77. The van der Waals surface area contributed by atoms with E-state index < -0.39 is 18.1 Å². The predicted molar refractivity (Wildman–Crippen MR) is 53.3 cm³/mol. The Labute approximate surface area is 89.2 Å². The van der Waals surface area contributed by atoms with Gasteiger partial charge >= 0.3 is 5.97 Å². The fourth-order valence-corrected chi connectivity index (χ4v) is 1.77. The molecule has 15 heavy (non-hydrogen) atoms. The summed E-state index contributed by atoms with van der Waals surface area (Å²) in [5.74, 6) is -0.810. The molecule has 1 rings (SSSR count). The Kier molecular flexibility index (Phi) is 4.53. The lowest BCUT2D eigenvalue weighted by Crippen LogP contribution is -2.50. The smallest absolute Gasteiger partial charge is 0.320 e. The van der Waals surface area contributed by atoms with E-state index in [1.165, 1.54) is 0 Å². The third kappa shape index (κ3) is 3.18. The number of hydrogen-bond acceptors (Lipinski definition) is 4. The zero-order valence-electron chi connectivity index (χ0n) is 8.85. The standard InChI is InChI=1S/C10H16N2O3/c1-2-3-9(10(13)14)12-4-5-15-8(6-11)7-12/h8-9H,2-5,7H2,1H3,(H,13,14). The van der Waals surface area contributed by atoms with Crippen LogP contribution in [-0.2, 0) is 9.53 Å². The molecule has 5 heteroatoms. The van der Waals surface area contributed by atoms with E-state index in [2.05, 4.69) is 0 Å². The van der Waals surface area contributed by atoms with Crippen molar-refractivity contribution in [2.24, 2.45) is 0 Å². The van der Waals surface area contributed by atoms with Crippen molar-refractivity contribution in [3.05, 3.63) is 0 Å². The molecule has 1 aliphatic heterocycles. The average Bonchev–Trinajstić information content (AvgIpc) is 2.25. The molecule has 1 N–H and O–H groups in total. The first-order chi connectivity index (χ1) is 7.19. The van der Waals surface area contributed by atoms with Crippen LogP contribution in [0.15, 0.2) is 0 Å². The molecule has 1 saturated heterocycles. The van der Waals surface area contributed by atoms with E-state index in [4.69, 9.17) is 15.1 Å². The Balaban J connectivity index is 2.59. The first-order valence-corrected chi connectivity index (χ1v) is 5.17. The van der Waals surface area contributed by atoms with Gasteiger partial charge < -0.3 is 9.84 Å². The molecule has 2 unspecified atom stereocenters. The summed E-state index contributed by atoms with van der Waals surface area (Å²) >= 11 is 0. The van der Waals surface area contributed by atoms with Crippen molar-refractivity contribution in [1.29, 1.82) is 5.26 Å². The highest BCUT2D eigenvalue weighted by molar-refractivity contribution is 5.73. The number of ether oxygens (including phenoxy) is 1. The quantitative estimate of drug-likeness (QED) is 0.733. The van der Waals surface area contributed by atoms with Crippen molar-refractivity contribution in [3.8, 4) is 6.07 Å². The molecule has 0 aromatic carbocycles. The SMILES string of the molecule is CCCC(C(=O)O)N1CCOC(C#N)C1. The van der Waals surface area contributed by atoms with Crippen molar-refractivity contribution in [2.75, 3.05) is 19.7 Å². The number of aliphatic carboxylic acids is 1. The van der Waals surface area contributed by atoms with Crippen LogP contribution in [0.5, 0.6) is 0 Å². The van der Waals surface area contributed by atoms with Crippen molar-refractivity contribution < 1.29 is 14.6 Å². The highest BCUT2D eigenvalue weighted by Gasteiger charge is 2.29. The second-order valence-electron chi connectivity index (χ2n) is 3.63. The zero-order chi connectivity index (χ0) is 11.3. The lowest BCUT2D eigenvalue weighted by molar-refractivity contribution is -0.146. The molecular weight excluding hydrogens is 196 g/mol. The lowest BCUT2D eigenvalue weighted by atomic mass is 10.1. The van der Waals surface area contributed by atoms with Crippen LogP contribution >= 0.6 is 0 Å². The minimum atomic E-state index is -0.810. The van der Waals surface area contributed by atoms with E-state index in [1.807, 2.05) is 17.9 Å². The number of nitrogens with zero attached hydrogens (tertiary/aromatic N) is 2. The van der Waals surface area contributed by atoms with Crippen LogP contribution in [-0.4, -0.2) is 47.8 Å². The molecule has 1 aliphatic rings. The summed E-state index contributed by atoms with van der Waals surface area (Å²) in [7, 11) is 0. The van der Waals surface area contributed by atoms with Gasteiger partial charge in [-0.25, -0.2) is 0 Å². The maximum absolute atomic E-state index is 11.0. The molecule has 0 bridgehead atoms. The maximum atomic E-state index is 11.0. The molecule has 0 saturated carbocycles. The van der Waals surface area contributed by atoms with Crippen molar-refractivity contribution >= 4 is 5.97 Å². The third-order valence-electron chi connectivity index (χ3n) is 2.53. The van der Waals surface area contributed by atoms with Gasteiger partial charge in [-0.2, -0.15) is 5.26 Å². The van der Waals surface area contributed by atoms with Crippen LogP contribution in [0.25, 0.3) is 0 Å². The van der Waals surface area contributed by atoms with E-state index >= 15 is 0 Å². The van der Waals surface area contributed by atoms with Crippen molar-refractivity contribution in [3.63, 3.8) is 0 Å². The second-order valence-corrected chi connectivity index (χ2v) is 3.63. The Morgan fingerprint density at radius 2 is 2.53 bits per heavy atom. The summed E-state index contributed by atoms with van der Waals surface area (Å²) in [5.41, 5.74) is 0. The molecule has 0 aromatic heterocycles. The summed E-state index contributed by atoms with van der Waals surface area (Å²) in [6, 6.07) is 1.54. The van der Waals surface area contributed by atoms with E-state index in [1.54, 1.807) is 0 Å². The number of hydrogen-bond donors (Lipinski definition) is 1. The third-order valence-corrected chi connectivity index (χ3v) is 2.53. The van der Waals surface area contributed by atoms with Crippen LogP contribution in [0.2, 0.25) is 0 Å². The highest BCUT2D eigenvalue weighted by atomic mass is 16.5. The highest BCUT2D eigenvalue weighted by Crippen LogP contribution is 2.12. The van der Waals surface area contributed by atoms with Gasteiger partial charge in [-0.05, 0) is 6.42 Å². The van der Waals surface area contributed by atoms with E-state index in [9.17, 15) is 4.79 Å². The van der Waals surface area contributed by atoms with E-state index in [0.29, 0.717) is 26.1 Å². The summed E-state index contributed by atoms with van der Waals surface area (Å²) < 4.78 is 5.17. The normalized spacial score (nSPS) is 24.4. The molecule has 5 nitrogen and oxygen atoms in total. The Morgan fingerprint density at radius 3 is 3.07 bits per heavy atom. The Morgan fingerprint density at radius 1 is 1.80 bits per heavy atom. The van der Waals surface area contributed by atoms with Crippen LogP contribution < -0.4 is 0 Å². The van der Waals surface area contributed by atoms with E-state index in [0.717, 1.165) is 6.42 Å². The fraction of sp³-hybridized carbons (Fsp3) is 0.800. The lowest BCUT2D eigenvalue weighted by Gasteiger charge is -2.33. The van der Waals surface area contributed by atoms with Gasteiger partial charge in [0.15, 0.2) is 6.10 Å². The summed E-state index contributed by atoms with van der Waals surface area (Å²) in [6.45, 7) is 3.38. The van der Waals surface area contributed by atoms with Gasteiger partial charge in [0.1, 0.15) is 6.04 Å². The predicted octanol–water partition coefficient (Wildman–Crippen LogP) is 0.464. The molecule has 0 aliphatic carbocycles. The zero-order valence-corrected chi connectivity index (χ0v) is 8.85. The maximum Gasteiger partial charge on any atom is 0.320 e. The van der Waals surface area contributed by atoms with Gasteiger partial charge in [0.2, 0.25) is 0 Å². The molecule has 0 spiro atoms. The minimum absolute atomic E-state index is 0.396. The van der Waals surface area contributed by atoms with Crippen LogP contribution in [0.4, 0.5) is 0 Å². The number of nitriles is 1. The van der Waals surface area contributed by atoms with Crippen molar-refractivity contribution in [1.82, 2.24) is 4.90 Å². The first-order valence-electron chi connectivity index (χ1n) is 5.17. The molecule has 2 atom stereocenters. The minimum Gasteiger partial charge on any atom is -0.480 e. The van der Waals surface area contributed by atoms with Gasteiger partial charge in [-0.1, -0.05) is 13.3 Å². The van der Waals surface area contributed by atoms with Gasteiger partial charge in [0, 0.05) is 13.1 Å². The number of carboxylic acids is 1.